The predicted octanol–water partition coefficient (Wildman–Crippen LogP) is 1.96. The van der Waals surface area contributed by atoms with Gasteiger partial charge in [-0.2, -0.15) is 5.26 Å². The third-order valence-electron chi connectivity index (χ3n) is 2.66. The molecule has 0 saturated carbocycles. The molecule has 0 bridgehead atoms. The van der Waals surface area contributed by atoms with Gasteiger partial charge in [-0.05, 0) is 31.2 Å². The monoisotopic (exact) mass is 248 g/mol. The molecule has 0 aromatic heterocycles. The molecule has 1 unspecified atom stereocenters. The summed E-state index contributed by atoms with van der Waals surface area (Å²) in [6.45, 7) is 3.24. The molecule has 1 rings (SSSR count). The van der Waals surface area contributed by atoms with E-state index in [4.69, 9.17) is 9.84 Å². The molecule has 1 N–H and O–H groups in total. The molecule has 0 aliphatic rings. The molecule has 0 aliphatic carbocycles. The largest absolute Gasteiger partial charge is 0.494 e. The van der Waals surface area contributed by atoms with Gasteiger partial charge in [-0.15, -0.1) is 0 Å². The number of likely N-dealkylation sites (N-methyl/N-ethyl adjacent to an activating group) is 1. The average molecular weight is 248 g/mol. The third kappa shape index (κ3) is 4.02. The van der Waals surface area contributed by atoms with E-state index in [1.165, 1.54) is 0 Å². The Kier molecular flexibility index (Phi) is 6.20. The first kappa shape index (κ1) is 14.5. The van der Waals surface area contributed by atoms with Gasteiger partial charge >= 0.3 is 0 Å². The fourth-order valence-corrected chi connectivity index (χ4v) is 1.71. The van der Waals surface area contributed by atoms with Crippen LogP contribution in [0.25, 0.3) is 0 Å². The lowest BCUT2D eigenvalue weighted by molar-refractivity contribution is 0.202. The van der Waals surface area contributed by atoms with Gasteiger partial charge in [0.1, 0.15) is 11.8 Å². The van der Waals surface area contributed by atoms with Gasteiger partial charge < -0.3 is 9.84 Å². The van der Waals surface area contributed by atoms with Gasteiger partial charge in [-0.25, -0.2) is 0 Å². The van der Waals surface area contributed by atoms with Crippen LogP contribution in [0.4, 0.5) is 0 Å². The number of aliphatic hydroxyl groups excluding tert-OH is 1. The van der Waals surface area contributed by atoms with Crippen molar-refractivity contribution in [1.82, 2.24) is 4.90 Å². The van der Waals surface area contributed by atoms with Gasteiger partial charge in [0.05, 0.1) is 19.3 Å². The second-order valence-electron chi connectivity index (χ2n) is 4.16. The predicted molar refractivity (Wildman–Crippen MR) is 70.3 cm³/mol. The first-order chi connectivity index (χ1) is 8.72. The minimum Gasteiger partial charge on any atom is -0.494 e. The minimum absolute atomic E-state index is 0.0424. The summed E-state index contributed by atoms with van der Waals surface area (Å²) in [5.74, 6) is 0.784. The zero-order valence-electron chi connectivity index (χ0n) is 11.0. The van der Waals surface area contributed by atoms with Gasteiger partial charge in [0, 0.05) is 6.54 Å². The molecule has 1 aromatic carbocycles. The van der Waals surface area contributed by atoms with Crippen LogP contribution in [-0.2, 0) is 0 Å². The Hall–Kier alpha value is -1.57. The van der Waals surface area contributed by atoms with Crippen molar-refractivity contribution in [2.45, 2.75) is 19.4 Å². The quantitative estimate of drug-likeness (QED) is 0.801. The van der Waals surface area contributed by atoms with Crippen molar-refractivity contribution in [1.29, 1.82) is 5.26 Å². The molecule has 0 spiro atoms. The van der Waals surface area contributed by atoms with Crippen LogP contribution in [0.1, 0.15) is 24.9 Å². The molecule has 18 heavy (non-hydrogen) atoms. The van der Waals surface area contributed by atoms with Crippen LogP contribution in [0, 0.1) is 11.3 Å². The maximum Gasteiger partial charge on any atom is 0.123 e. The van der Waals surface area contributed by atoms with E-state index in [0.29, 0.717) is 13.2 Å². The van der Waals surface area contributed by atoms with Crippen molar-refractivity contribution >= 4 is 0 Å². The Morgan fingerprint density at radius 1 is 1.50 bits per heavy atom. The van der Waals surface area contributed by atoms with E-state index in [-0.39, 0.29) is 12.6 Å². The molecule has 0 radical (unpaired) electrons. The zero-order valence-corrected chi connectivity index (χ0v) is 11.0. The summed E-state index contributed by atoms with van der Waals surface area (Å²) in [7, 11) is 1.82. The maximum atomic E-state index is 9.23. The number of rotatable bonds is 7. The summed E-state index contributed by atoms with van der Waals surface area (Å²) in [4.78, 5) is 1.82. The minimum atomic E-state index is -0.359. The number of nitrogens with zero attached hydrogens (tertiary/aromatic N) is 2. The van der Waals surface area contributed by atoms with Gasteiger partial charge in [0.15, 0.2) is 0 Å². The summed E-state index contributed by atoms with van der Waals surface area (Å²) < 4.78 is 5.55. The summed E-state index contributed by atoms with van der Waals surface area (Å²) in [5, 5.41) is 18.2. The zero-order chi connectivity index (χ0) is 13.4. The van der Waals surface area contributed by atoms with E-state index >= 15 is 0 Å². The maximum absolute atomic E-state index is 9.23. The molecule has 1 aromatic rings. The summed E-state index contributed by atoms with van der Waals surface area (Å²) in [5.41, 5.74) is 0.891. The van der Waals surface area contributed by atoms with Crippen molar-refractivity contribution in [3.8, 4) is 11.8 Å². The van der Waals surface area contributed by atoms with Crippen LogP contribution in [0.2, 0.25) is 0 Å². The number of aliphatic hydroxyl groups is 1. The highest BCUT2D eigenvalue weighted by Gasteiger charge is 2.16. The lowest BCUT2D eigenvalue weighted by atomic mass is 10.1. The van der Waals surface area contributed by atoms with Gasteiger partial charge in [-0.1, -0.05) is 19.1 Å². The van der Waals surface area contributed by atoms with Crippen molar-refractivity contribution in [3.05, 3.63) is 29.8 Å². The van der Waals surface area contributed by atoms with Crippen LogP contribution < -0.4 is 4.74 Å². The Balaban J connectivity index is 2.83. The summed E-state index contributed by atoms with van der Waals surface area (Å²) >= 11 is 0. The van der Waals surface area contributed by atoms with Crippen LogP contribution >= 0.6 is 0 Å². The first-order valence-corrected chi connectivity index (χ1v) is 6.16. The smallest absolute Gasteiger partial charge is 0.123 e. The topological polar surface area (TPSA) is 56.5 Å². The molecular formula is C14H20N2O2. The van der Waals surface area contributed by atoms with Crippen molar-refractivity contribution in [2.24, 2.45) is 0 Å². The van der Waals surface area contributed by atoms with E-state index in [9.17, 15) is 5.26 Å². The second kappa shape index (κ2) is 7.70. The molecule has 4 heteroatoms. The number of hydrogen-bond donors (Lipinski definition) is 1. The average Bonchev–Trinajstić information content (AvgIpc) is 2.38. The Bertz CT molecular complexity index is 401. The normalized spacial score (nSPS) is 12.2. The number of nitriles is 1. The molecule has 1 atom stereocenters. The second-order valence-corrected chi connectivity index (χ2v) is 4.16. The molecule has 4 nitrogen and oxygen atoms in total. The lowest BCUT2D eigenvalue weighted by Crippen LogP contribution is -2.26. The fraction of sp³-hybridized carbons (Fsp3) is 0.500. The number of hydrogen-bond acceptors (Lipinski definition) is 4. The van der Waals surface area contributed by atoms with E-state index in [2.05, 4.69) is 13.0 Å². The van der Waals surface area contributed by atoms with Gasteiger partial charge in [-0.3, -0.25) is 4.90 Å². The van der Waals surface area contributed by atoms with E-state index in [1.54, 1.807) is 0 Å². The molecular weight excluding hydrogens is 228 g/mol. The number of benzene rings is 1. The first-order valence-electron chi connectivity index (χ1n) is 6.16. The fourth-order valence-electron chi connectivity index (χ4n) is 1.71. The number of ether oxygens (including phenoxy) is 1. The van der Waals surface area contributed by atoms with Crippen LogP contribution in [0.15, 0.2) is 24.3 Å². The summed E-state index contributed by atoms with van der Waals surface area (Å²) in [6.07, 6.45) is 0.955. The Morgan fingerprint density at radius 3 is 2.89 bits per heavy atom. The van der Waals surface area contributed by atoms with Crippen LogP contribution in [0.3, 0.4) is 0 Å². The van der Waals surface area contributed by atoms with Crippen LogP contribution in [0.5, 0.6) is 5.75 Å². The van der Waals surface area contributed by atoms with Crippen LogP contribution in [-0.4, -0.2) is 36.8 Å². The summed E-state index contributed by atoms with van der Waals surface area (Å²) in [6, 6.07) is 9.45. The van der Waals surface area contributed by atoms with Gasteiger partial charge in [0.25, 0.3) is 0 Å². The third-order valence-corrected chi connectivity index (χ3v) is 2.66. The molecule has 0 heterocycles. The Labute approximate surface area is 108 Å². The molecule has 98 valence electrons. The molecule has 0 amide bonds. The van der Waals surface area contributed by atoms with Crippen molar-refractivity contribution < 1.29 is 9.84 Å². The van der Waals surface area contributed by atoms with Gasteiger partial charge in [0.2, 0.25) is 0 Å². The molecule has 0 fully saturated rings. The SMILES string of the molecule is CCCOc1cccc(C(C#N)N(C)CCO)c1. The van der Waals surface area contributed by atoms with E-state index in [1.807, 2.05) is 36.2 Å². The highest BCUT2D eigenvalue weighted by molar-refractivity contribution is 5.33. The highest BCUT2D eigenvalue weighted by atomic mass is 16.5. The molecule has 0 aliphatic heterocycles. The standard InChI is InChI=1S/C14H20N2O2/c1-3-9-18-13-6-4-5-12(10-13)14(11-15)16(2)7-8-17/h4-6,10,14,17H,3,7-9H2,1-2H3. The highest BCUT2D eigenvalue weighted by Crippen LogP contribution is 2.22. The molecule has 0 saturated heterocycles. The van der Waals surface area contributed by atoms with Crippen molar-refractivity contribution in [2.75, 3.05) is 26.8 Å². The lowest BCUT2D eigenvalue weighted by Gasteiger charge is -2.22. The van der Waals surface area contributed by atoms with Crippen molar-refractivity contribution in [3.63, 3.8) is 0 Å². The Morgan fingerprint density at radius 2 is 2.28 bits per heavy atom. The van der Waals surface area contributed by atoms with E-state index < -0.39 is 0 Å². The van der Waals surface area contributed by atoms with E-state index in [0.717, 1.165) is 17.7 Å².